The number of nitrogens with zero attached hydrogens (tertiary/aromatic N) is 1. The van der Waals surface area contributed by atoms with Gasteiger partial charge in [-0.1, -0.05) is 18.2 Å². The molecule has 0 bridgehead atoms. The second kappa shape index (κ2) is 7.68. The van der Waals surface area contributed by atoms with Crippen LogP contribution in [0.2, 0.25) is 0 Å². The van der Waals surface area contributed by atoms with E-state index in [0.29, 0.717) is 6.04 Å². The first-order chi connectivity index (χ1) is 11.2. The van der Waals surface area contributed by atoms with Gasteiger partial charge in [-0.25, -0.2) is 4.79 Å². The van der Waals surface area contributed by atoms with Gasteiger partial charge in [-0.15, -0.1) is 0 Å². The molecular formula is C18H27N3O2. The minimum atomic E-state index is -0.178. The zero-order valence-corrected chi connectivity index (χ0v) is 13.6. The lowest BCUT2D eigenvalue weighted by Crippen LogP contribution is -2.50. The number of likely N-dealkylation sites (tertiary alicyclic amines) is 1. The van der Waals surface area contributed by atoms with E-state index in [1.165, 1.54) is 0 Å². The number of carbonyl (C=O) groups is 1. The summed E-state index contributed by atoms with van der Waals surface area (Å²) >= 11 is 0. The molecule has 3 N–H and O–H groups in total. The van der Waals surface area contributed by atoms with Crippen LogP contribution in [0.4, 0.5) is 10.5 Å². The fourth-order valence-corrected chi connectivity index (χ4v) is 3.48. The van der Waals surface area contributed by atoms with E-state index in [2.05, 4.69) is 22.8 Å². The van der Waals surface area contributed by atoms with Crippen molar-refractivity contribution in [1.29, 1.82) is 0 Å². The standard InChI is InChI=1S/C18H27N3O2/c22-17-8-6-15(7-9-17)20-18(23)21-12-10-16(11-13-21)19-14-4-2-1-3-5-14/h1-5,15-17,19,22H,6-13H2,(H,20,23). The number of anilines is 1. The van der Waals surface area contributed by atoms with Gasteiger partial charge in [-0.2, -0.15) is 0 Å². The quantitative estimate of drug-likeness (QED) is 0.803. The van der Waals surface area contributed by atoms with Gasteiger partial charge in [0.05, 0.1) is 6.10 Å². The van der Waals surface area contributed by atoms with Crippen LogP contribution in [0.25, 0.3) is 0 Å². The van der Waals surface area contributed by atoms with Crippen molar-refractivity contribution in [3.63, 3.8) is 0 Å². The van der Waals surface area contributed by atoms with Crippen LogP contribution in [0.15, 0.2) is 30.3 Å². The SMILES string of the molecule is O=C(NC1CCC(O)CC1)N1CCC(Nc2ccccc2)CC1. The summed E-state index contributed by atoms with van der Waals surface area (Å²) in [5.41, 5.74) is 1.15. The number of carbonyl (C=O) groups excluding carboxylic acids is 1. The van der Waals surface area contributed by atoms with Crippen molar-refractivity contribution < 1.29 is 9.90 Å². The van der Waals surface area contributed by atoms with Crippen LogP contribution >= 0.6 is 0 Å². The molecule has 5 nitrogen and oxygen atoms in total. The molecule has 0 unspecified atom stereocenters. The molecule has 1 aliphatic heterocycles. The third kappa shape index (κ3) is 4.61. The van der Waals surface area contributed by atoms with Gasteiger partial charge >= 0.3 is 6.03 Å². The zero-order chi connectivity index (χ0) is 16.1. The maximum Gasteiger partial charge on any atom is 0.317 e. The van der Waals surface area contributed by atoms with Crippen molar-refractivity contribution in [1.82, 2.24) is 10.2 Å². The molecule has 23 heavy (non-hydrogen) atoms. The van der Waals surface area contributed by atoms with Gasteiger partial charge in [-0.3, -0.25) is 0 Å². The lowest BCUT2D eigenvalue weighted by molar-refractivity contribution is 0.114. The third-order valence-electron chi connectivity index (χ3n) is 4.95. The highest BCUT2D eigenvalue weighted by Crippen LogP contribution is 2.20. The normalized spacial score (nSPS) is 25.9. The Balaban J connectivity index is 1.40. The van der Waals surface area contributed by atoms with Crippen molar-refractivity contribution in [2.75, 3.05) is 18.4 Å². The number of aliphatic hydroxyl groups excluding tert-OH is 1. The first kappa shape index (κ1) is 16.1. The molecule has 1 heterocycles. The Hall–Kier alpha value is -1.75. The molecule has 2 amide bonds. The summed E-state index contributed by atoms with van der Waals surface area (Å²) < 4.78 is 0. The number of rotatable bonds is 3. The molecule has 0 aromatic heterocycles. The Morgan fingerprint density at radius 1 is 0.957 bits per heavy atom. The summed E-state index contributed by atoms with van der Waals surface area (Å²) in [5, 5.41) is 16.2. The summed E-state index contributed by atoms with van der Waals surface area (Å²) in [4.78, 5) is 14.3. The van der Waals surface area contributed by atoms with E-state index in [1.807, 2.05) is 23.1 Å². The average molecular weight is 317 g/mol. The predicted molar refractivity (Wildman–Crippen MR) is 91.5 cm³/mol. The van der Waals surface area contributed by atoms with Crippen LogP contribution in [0.3, 0.4) is 0 Å². The predicted octanol–water partition coefficient (Wildman–Crippen LogP) is 2.58. The minimum absolute atomic E-state index is 0.0598. The van der Waals surface area contributed by atoms with Gasteiger partial charge in [0.15, 0.2) is 0 Å². The fourth-order valence-electron chi connectivity index (χ4n) is 3.48. The van der Waals surface area contributed by atoms with Crippen molar-refractivity contribution in [2.24, 2.45) is 0 Å². The zero-order valence-electron chi connectivity index (χ0n) is 13.6. The van der Waals surface area contributed by atoms with E-state index < -0.39 is 0 Å². The largest absolute Gasteiger partial charge is 0.393 e. The lowest BCUT2D eigenvalue weighted by Gasteiger charge is -2.35. The van der Waals surface area contributed by atoms with E-state index in [1.54, 1.807) is 0 Å². The first-order valence-electron chi connectivity index (χ1n) is 8.76. The number of nitrogens with one attached hydrogen (secondary N) is 2. The van der Waals surface area contributed by atoms with Gasteiger partial charge < -0.3 is 20.6 Å². The molecule has 126 valence electrons. The highest BCUT2D eigenvalue weighted by Gasteiger charge is 2.26. The van der Waals surface area contributed by atoms with E-state index in [0.717, 1.165) is 57.3 Å². The van der Waals surface area contributed by atoms with Gasteiger partial charge in [0.2, 0.25) is 0 Å². The minimum Gasteiger partial charge on any atom is -0.393 e. The van der Waals surface area contributed by atoms with E-state index in [4.69, 9.17) is 0 Å². The third-order valence-corrected chi connectivity index (χ3v) is 4.95. The van der Waals surface area contributed by atoms with E-state index in [-0.39, 0.29) is 18.2 Å². The number of aliphatic hydroxyl groups is 1. The van der Waals surface area contributed by atoms with Crippen molar-refractivity contribution in [3.05, 3.63) is 30.3 Å². The Morgan fingerprint density at radius 3 is 2.26 bits per heavy atom. The number of benzene rings is 1. The van der Waals surface area contributed by atoms with Crippen LogP contribution in [-0.4, -0.2) is 47.3 Å². The lowest BCUT2D eigenvalue weighted by atomic mass is 9.93. The molecule has 0 atom stereocenters. The molecule has 5 heteroatoms. The summed E-state index contributed by atoms with van der Waals surface area (Å²) in [7, 11) is 0. The molecular weight excluding hydrogens is 290 g/mol. The van der Waals surface area contributed by atoms with Crippen molar-refractivity contribution >= 4 is 11.7 Å². The Bertz CT molecular complexity index is 492. The molecule has 2 fully saturated rings. The second-order valence-electron chi connectivity index (χ2n) is 6.73. The smallest absolute Gasteiger partial charge is 0.317 e. The summed E-state index contributed by atoms with van der Waals surface area (Å²) in [6.07, 6.45) is 5.15. The topological polar surface area (TPSA) is 64.6 Å². The van der Waals surface area contributed by atoms with Crippen LogP contribution in [0.5, 0.6) is 0 Å². The molecule has 2 aliphatic rings. The van der Waals surface area contributed by atoms with Gasteiger partial charge in [0, 0.05) is 30.9 Å². The molecule has 1 aromatic carbocycles. The highest BCUT2D eigenvalue weighted by molar-refractivity contribution is 5.74. The molecule has 0 spiro atoms. The molecule has 1 aliphatic carbocycles. The molecule has 1 aromatic rings. The van der Waals surface area contributed by atoms with Gasteiger partial charge in [-0.05, 0) is 50.7 Å². The fraction of sp³-hybridized carbons (Fsp3) is 0.611. The molecule has 1 saturated heterocycles. The summed E-state index contributed by atoms with van der Waals surface area (Å²) in [5.74, 6) is 0. The molecule has 0 radical (unpaired) electrons. The molecule has 3 rings (SSSR count). The Morgan fingerprint density at radius 2 is 1.61 bits per heavy atom. The monoisotopic (exact) mass is 317 g/mol. The van der Waals surface area contributed by atoms with Crippen LogP contribution in [0, 0.1) is 0 Å². The van der Waals surface area contributed by atoms with Gasteiger partial charge in [0.25, 0.3) is 0 Å². The average Bonchev–Trinajstić information content (AvgIpc) is 2.58. The van der Waals surface area contributed by atoms with Crippen molar-refractivity contribution in [2.45, 2.75) is 56.7 Å². The Labute approximate surface area is 138 Å². The van der Waals surface area contributed by atoms with Gasteiger partial charge in [0.1, 0.15) is 0 Å². The summed E-state index contributed by atoms with van der Waals surface area (Å²) in [6.45, 7) is 1.59. The number of hydrogen-bond donors (Lipinski definition) is 3. The van der Waals surface area contributed by atoms with E-state index in [9.17, 15) is 9.90 Å². The summed E-state index contributed by atoms with van der Waals surface area (Å²) in [6, 6.07) is 11.0. The highest BCUT2D eigenvalue weighted by atomic mass is 16.3. The van der Waals surface area contributed by atoms with Crippen LogP contribution < -0.4 is 10.6 Å². The van der Waals surface area contributed by atoms with Crippen LogP contribution in [-0.2, 0) is 0 Å². The first-order valence-corrected chi connectivity index (χ1v) is 8.76. The number of hydrogen-bond acceptors (Lipinski definition) is 3. The molecule has 1 saturated carbocycles. The van der Waals surface area contributed by atoms with E-state index >= 15 is 0 Å². The number of para-hydroxylation sites is 1. The number of piperidine rings is 1. The maximum absolute atomic E-state index is 12.3. The Kier molecular flexibility index (Phi) is 5.39. The number of amides is 2. The van der Waals surface area contributed by atoms with Crippen molar-refractivity contribution in [3.8, 4) is 0 Å². The number of urea groups is 1. The second-order valence-corrected chi connectivity index (χ2v) is 6.73. The van der Waals surface area contributed by atoms with Crippen LogP contribution in [0.1, 0.15) is 38.5 Å². The maximum atomic E-state index is 12.3.